The molecule has 4 nitrogen and oxygen atoms in total. The summed E-state index contributed by atoms with van der Waals surface area (Å²) in [5.74, 6) is 0. The molecule has 2 aromatic rings. The fourth-order valence-electron chi connectivity index (χ4n) is 2.61. The third-order valence-electron chi connectivity index (χ3n) is 3.57. The SMILES string of the molecule is O=C(Nc1cccnc1)N1CCC[C@H]1Cc1cccs1. The zero-order valence-electron chi connectivity index (χ0n) is 11.2. The molecule has 1 fully saturated rings. The summed E-state index contributed by atoms with van der Waals surface area (Å²) in [7, 11) is 0. The van der Waals surface area contributed by atoms with Crippen molar-refractivity contribution in [3.8, 4) is 0 Å². The molecular weight excluding hydrogens is 270 g/mol. The molecule has 0 spiro atoms. The molecule has 104 valence electrons. The second-order valence-corrected chi connectivity index (χ2v) is 5.98. The number of urea groups is 1. The molecule has 0 aliphatic carbocycles. The Kier molecular flexibility index (Phi) is 3.97. The summed E-state index contributed by atoms with van der Waals surface area (Å²) in [6, 6.07) is 8.18. The average Bonchev–Trinajstić information content (AvgIpc) is 3.12. The molecule has 1 aliphatic rings. The summed E-state index contributed by atoms with van der Waals surface area (Å²) in [6.45, 7) is 0.835. The van der Waals surface area contributed by atoms with Crippen LogP contribution in [0.3, 0.4) is 0 Å². The van der Waals surface area contributed by atoms with Crippen LogP contribution in [0.2, 0.25) is 0 Å². The number of likely N-dealkylation sites (tertiary alicyclic amines) is 1. The number of carbonyl (C=O) groups is 1. The predicted octanol–water partition coefficient (Wildman–Crippen LogP) is 3.38. The first-order valence-electron chi connectivity index (χ1n) is 6.83. The third-order valence-corrected chi connectivity index (χ3v) is 4.47. The highest BCUT2D eigenvalue weighted by Gasteiger charge is 2.29. The van der Waals surface area contributed by atoms with Crippen LogP contribution < -0.4 is 5.32 Å². The van der Waals surface area contributed by atoms with Crippen molar-refractivity contribution in [1.29, 1.82) is 0 Å². The van der Waals surface area contributed by atoms with Crippen molar-refractivity contribution in [1.82, 2.24) is 9.88 Å². The van der Waals surface area contributed by atoms with Gasteiger partial charge in [-0.2, -0.15) is 0 Å². The zero-order chi connectivity index (χ0) is 13.8. The number of anilines is 1. The van der Waals surface area contributed by atoms with Crippen LogP contribution in [-0.4, -0.2) is 28.5 Å². The van der Waals surface area contributed by atoms with Gasteiger partial charge in [-0.15, -0.1) is 11.3 Å². The van der Waals surface area contributed by atoms with E-state index >= 15 is 0 Å². The Balaban J connectivity index is 1.64. The van der Waals surface area contributed by atoms with Gasteiger partial charge in [-0.3, -0.25) is 4.98 Å². The largest absolute Gasteiger partial charge is 0.322 e. The number of pyridine rings is 1. The number of hydrogen-bond donors (Lipinski definition) is 1. The third kappa shape index (κ3) is 2.99. The summed E-state index contributed by atoms with van der Waals surface area (Å²) in [5, 5.41) is 5.01. The maximum Gasteiger partial charge on any atom is 0.322 e. The van der Waals surface area contributed by atoms with Crippen LogP contribution in [0.25, 0.3) is 0 Å². The van der Waals surface area contributed by atoms with Crippen molar-refractivity contribution in [3.05, 3.63) is 46.9 Å². The Morgan fingerprint density at radius 1 is 1.45 bits per heavy atom. The van der Waals surface area contributed by atoms with Gasteiger partial charge >= 0.3 is 6.03 Å². The minimum Gasteiger partial charge on any atom is -0.321 e. The predicted molar refractivity (Wildman–Crippen MR) is 81.0 cm³/mol. The van der Waals surface area contributed by atoms with Crippen molar-refractivity contribution in [2.75, 3.05) is 11.9 Å². The molecule has 5 heteroatoms. The molecule has 1 atom stereocenters. The second-order valence-electron chi connectivity index (χ2n) is 4.94. The molecule has 3 rings (SSSR count). The van der Waals surface area contributed by atoms with Crippen molar-refractivity contribution < 1.29 is 4.79 Å². The monoisotopic (exact) mass is 287 g/mol. The first-order chi connectivity index (χ1) is 9.83. The van der Waals surface area contributed by atoms with E-state index in [1.165, 1.54) is 4.88 Å². The number of aromatic nitrogens is 1. The van der Waals surface area contributed by atoms with Crippen LogP contribution in [0.1, 0.15) is 17.7 Å². The Labute approximate surface area is 122 Å². The number of thiophene rings is 1. The summed E-state index contributed by atoms with van der Waals surface area (Å²) in [6.07, 6.45) is 6.49. The van der Waals surface area contributed by atoms with Gasteiger partial charge in [-0.05, 0) is 36.4 Å². The van der Waals surface area contributed by atoms with Gasteiger partial charge in [-0.1, -0.05) is 6.07 Å². The quantitative estimate of drug-likeness (QED) is 0.940. The van der Waals surface area contributed by atoms with Crippen molar-refractivity contribution in [2.24, 2.45) is 0 Å². The Hall–Kier alpha value is -1.88. The van der Waals surface area contributed by atoms with Gasteiger partial charge in [0.15, 0.2) is 0 Å². The summed E-state index contributed by atoms with van der Waals surface area (Å²) in [5.41, 5.74) is 0.749. The highest BCUT2D eigenvalue weighted by atomic mass is 32.1. The average molecular weight is 287 g/mol. The minimum absolute atomic E-state index is 0.0166. The van der Waals surface area contributed by atoms with Crippen LogP contribution in [0.15, 0.2) is 42.0 Å². The standard InChI is InChI=1S/C15H17N3OS/c19-15(17-12-4-1-7-16-11-12)18-8-2-5-13(18)10-14-6-3-9-20-14/h1,3-4,6-7,9,11,13H,2,5,8,10H2,(H,17,19)/t13-/m0/s1. The smallest absolute Gasteiger partial charge is 0.321 e. The minimum atomic E-state index is -0.0166. The maximum atomic E-state index is 12.3. The topological polar surface area (TPSA) is 45.2 Å². The van der Waals surface area contributed by atoms with Gasteiger partial charge in [0.2, 0.25) is 0 Å². The van der Waals surface area contributed by atoms with E-state index in [9.17, 15) is 4.79 Å². The van der Waals surface area contributed by atoms with Gasteiger partial charge in [0.1, 0.15) is 0 Å². The molecule has 1 saturated heterocycles. The van der Waals surface area contributed by atoms with Gasteiger partial charge in [-0.25, -0.2) is 4.79 Å². The van der Waals surface area contributed by atoms with E-state index in [0.29, 0.717) is 6.04 Å². The van der Waals surface area contributed by atoms with Crippen LogP contribution in [0.4, 0.5) is 10.5 Å². The summed E-state index contributed by atoms with van der Waals surface area (Å²) < 4.78 is 0. The lowest BCUT2D eigenvalue weighted by molar-refractivity contribution is 0.206. The van der Waals surface area contributed by atoms with E-state index in [2.05, 4.69) is 27.8 Å². The van der Waals surface area contributed by atoms with Crippen molar-refractivity contribution >= 4 is 23.1 Å². The van der Waals surface area contributed by atoms with Gasteiger partial charge < -0.3 is 10.2 Å². The van der Waals surface area contributed by atoms with Gasteiger partial charge in [0.05, 0.1) is 11.9 Å². The number of amides is 2. The van der Waals surface area contributed by atoms with Crippen molar-refractivity contribution in [3.63, 3.8) is 0 Å². The fourth-order valence-corrected chi connectivity index (χ4v) is 3.39. The van der Waals surface area contributed by atoms with Gasteiger partial charge in [0.25, 0.3) is 0 Å². The first-order valence-corrected chi connectivity index (χ1v) is 7.71. The molecule has 0 radical (unpaired) electrons. The van der Waals surface area contributed by atoms with Crippen LogP contribution in [0, 0.1) is 0 Å². The zero-order valence-corrected chi connectivity index (χ0v) is 12.0. The maximum absolute atomic E-state index is 12.3. The summed E-state index contributed by atoms with van der Waals surface area (Å²) >= 11 is 1.76. The molecule has 0 unspecified atom stereocenters. The highest BCUT2D eigenvalue weighted by Crippen LogP contribution is 2.24. The van der Waals surface area contributed by atoms with Crippen LogP contribution >= 0.6 is 11.3 Å². The second kappa shape index (κ2) is 6.05. The molecule has 1 aliphatic heterocycles. The Morgan fingerprint density at radius 2 is 2.40 bits per heavy atom. The van der Waals surface area contributed by atoms with E-state index in [1.54, 1.807) is 23.7 Å². The molecule has 2 amide bonds. The fraction of sp³-hybridized carbons (Fsp3) is 0.333. The van der Waals surface area contributed by atoms with E-state index in [-0.39, 0.29) is 6.03 Å². The molecule has 0 saturated carbocycles. The molecule has 20 heavy (non-hydrogen) atoms. The number of carbonyl (C=O) groups excluding carboxylic acids is 1. The summed E-state index contributed by atoms with van der Waals surface area (Å²) in [4.78, 5) is 19.7. The molecule has 2 aromatic heterocycles. The molecular formula is C15H17N3OS. The lowest BCUT2D eigenvalue weighted by atomic mass is 10.1. The number of hydrogen-bond acceptors (Lipinski definition) is 3. The van der Waals surface area contributed by atoms with Crippen LogP contribution in [0.5, 0.6) is 0 Å². The molecule has 0 aromatic carbocycles. The van der Waals surface area contributed by atoms with E-state index in [4.69, 9.17) is 0 Å². The van der Waals surface area contributed by atoms with E-state index < -0.39 is 0 Å². The van der Waals surface area contributed by atoms with E-state index in [0.717, 1.165) is 31.5 Å². The van der Waals surface area contributed by atoms with Crippen LogP contribution in [-0.2, 0) is 6.42 Å². The normalized spacial score (nSPS) is 18.2. The number of rotatable bonds is 3. The lowest BCUT2D eigenvalue weighted by Crippen LogP contribution is -2.39. The first kappa shape index (κ1) is 13.1. The Morgan fingerprint density at radius 3 is 3.15 bits per heavy atom. The lowest BCUT2D eigenvalue weighted by Gasteiger charge is -2.24. The van der Waals surface area contributed by atoms with Crippen molar-refractivity contribution in [2.45, 2.75) is 25.3 Å². The molecule has 0 bridgehead atoms. The van der Waals surface area contributed by atoms with Gasteiger partial charge in [0, 0.05) is 30.1 Å². The number of nitrogens with one attached hydrogen (secondary N) is 1. The highest BCUT2D eigenvalue weighted by molar-refractivity contribution is 7.09. The molecule has 1 N–H and O–H groups in total. The number of nitrogens with zero attached hydrogens (tertiary/aromatic N) is 2. The molecule has 3 heterocycles. The van der Waals surface area contributed by atoms with E-state index in [1.807, 2.05) is 17.0 Å². The Bertz CT molecular complexity index is 556.